The van der Waals surface area contributed by atoms with E-state index in [2.05, 4.69) is 0 Å². The summed E-state index contributed by atoms with van der Waals surface area (Å²) < 4.78 is 1.93. The molecule has 0 amide bonds. The van der Waals surface area contributed by atoms with Crippen LogP contribution in [-0.4, -0.2) is 15.5 Å². The van der Waals surface area contributed by atoms with Gasteiger partial charge < -0.3 is 5.11 Å². The molecular weight excluding hydrogens is 432 g/mol. The molecule has 2 heterocycles. The molecule has 0 saturated carbocycles. The predicted octanol–water partition coefficient (Wildman–Crippen LogP) is 5.44. The Morgan fingerprint density at radius 3 is 2.45 bits per heavy atom. The molecule has 4 aromatic rings. The number of thiophene rings is 1. The third kappa shape index (κ3) is 3.32. The van der Waals surface area contributed by atoms with Gasteiger partial charge in [-0.3, -0.25) is 14.2 Å². The molecule has 0 radical (unpaired) electrons. The van der Waals surface area contributed by atoms with Gasteiger partial charge in [0.2, 0.25) is 11.7 Å². The van der Waals surface area contributed by atoms with Gasteiger partial charge in [-0.15, -0.1) is 11.3 Å². The molecule has 154 valence electrons. The van der Waals surface area contributed by atoms with Crippen molar-refractivity contribution in [2.75, 3.05) is 0 Å². The lowest BCUT2D eigenvalue weighted by Crippen LogP contribution is -2.29. The molecule has 0 spiro atoms. The van der Waals surface area contributed by atoms with E-state index in [1.54, 1.807) is 6.92 Å². The SMILES string of the molecule is Cc1c(C(=O)c2sc3ccccc3c2Cl)c(O)n(C(C)c2ccccc2)c(=O)c1C#N. The van der Waals surface area contributed by atoms with Crippen LogP contribution in [0, 0.1) is 18.3 Å². The first-order valence-electron chi connectivity index (χ1n) is 9.51. The summed E-state index contributed by atoms with van der Waals surface area (Å²) in [6.45, 7) is 3.22. The van der Waals surface area contributed by atoms with Crippen LogP contribution in [0.1, 0.15) is 44.9 Å². The van der Waals surface area contributed by atoms with Crippen molar-refractivity contribution in [2.45, 2.75) is 19.9 Å². The number of ketones is 1. The average molecular weight is 449 g/mol. The fourth-order valence-corrected chi connectivity index (χ4v) is 5.17. The van der Waals surface area contributed by atoms with Gasteiger partial charge in [0, 0.05) is 10.1 Å². The predicted molar refractivity (Wildman–Crippen MR) is 122 cm³/mol. The Morgan fingerprint density at radius 2 is 1.81 bits per heavy atom. The van der Waals surface area contributed by atoms with Crippen molar-refractivity contribution < 1.29 is 9.90 Å². The van der Waals surface area contributed by atoms with Crippen molar-refractivity contribution in [1.82, 2.24) is 4.57 Å². The average Bonchev–Trinajstić information content (AvgIpc) is 3.11. The number of halogens is 1. The van der Waals surface area contributed by atoms with Crippen molar-refractivity contribution >= 4 is 38.8 Å². The molecule has 0 bridgehead atoms. The number of hydrogen-bond acceptors (Lipinski definition) is 5. The normalized spacial score (nSPS) is 11.9. The third-order valence-electron chi connectivity index (χ3n) is 5.38. The molecule has 4 rings (SSSR count). The molecule has 0 aliphatic heterocycles. The molecule has 31 heavy (non-hydrogen) atoms. The molecule has 0 aliphatic rings. The monoisotopic (exact) mass is 448 g/mol. The zero-order valence-corrected chi connectivity index (χ0v) is 18.3. The molecule has 2 aromatic carbocycles. The summed E-state index contributed by atoms with van der Waals surface area (Å²) in [4.78, 5) is 26.8. The van der Waals surface area contributed by atoms with Gasteiger partial charge in [0.1, 0.15) is 11.6 Å². The number of carbonyl (C=O) groups is 1. The van der Waals surface area contributed by atoms with Crippen LogP contribution in [0.4, 0.5) is 0 Å². The zero-order valence-electron chi connectivity index (χ0n) is 16.7. The minimum atomic E-state index is -0.646. The van der Waals surface area contributed by atoms with Crippen LogP contribution in [0.5, 0.6) is 5.88 Å². The highest BCUT2D eigenvalue weighted by Gasteiger charge is 2.29. The molecule has 5 nitrogen and oxygen atoms in total. The van der Waals surface area contributed by atoms with E-state index < -0.39 is 23.3 Å². The highest BCUT2D eigenvalue weighted by Crippen LogP contribution is 2.38. The number of rotatable bonds is 4. The lowest BCUT2D eigenvalue weighted by molar-refractivity contribution is 0.103. The van der Waals surface area contributed by atoms with Crippen molar-refractivity contribution in [1.29, 1.82) is 5.26 Å². The second kappa shape index (κ2) is 8.03. The number of benzene rings is 2. The van der Waals surface area contributed by atoms with Crippen molar-refractivity contribution in [3.05, 3.63) is 97.1 Å². The van der Waals surface area contributed by atoms with Gasteiger partial charge in [0.05, 0.1) is 21.5 Å². The van der Waals surface area contributed by atoms with Crippen molar-refractivity contribution in [3.8, 4) is 11.9 Å². The van der Waals surface area contributed by atoms with E-state index in [0.717, 1.165) is 20.2 Å². The molecule has 1 atom stereocenters. The standard InChI is InChI=1S/C24H17ClN2O3S/c1-13-17(12-26)23(29)27(14(2)15-8-4-3-5-9-15)24(30)19(13)21(28)22-20(25)16-10-6-7-11-18(16)31-22/h3-11,14,30H,1-2H3. The van der Waals surface area contributed by atoms with E-state index in [9.17, 15) is 20.0 Å². The molecule has 2 aromatic heterocycles. The van der Waals surface area contributed by atoms with Crippen LogP contribution in [0.25, 0.3) is 10.1 Å². The van der Waals surface area contributed by atoms with Crippen molar-refractivity contribution in [2.24, 2.45) is 0 Å². The van der Waals surface area contributed by atoms with Gasteiger partial charge in [-0.1, -0.05) is 60.1 Å². The van der Waals surface area contributed by atoms with E-state index >= 15 is 0 Å². The lowest BCUT2D eigenvalue weighted by Gasteiger charge is -2.21. The van der Waals surface area contributed by atoms with Gasteiger partial charge in [-0.25, -0.2) is 0 Å². The van der Waals surface area contributed by atoms with Crippen molar-refractivity contribution in [3.63, 3.8) is 0 Å². The Morgan fingerprint density at radius 1 is 1.16 bits per heavy atom. The van der Waals surface area contributed by atoms with Gasteiger partial charge in [0.25, 0.3) is 5.56 Å². The Labute approximate surface area is 187 Å². The van der Waals surface area contributed by atoms with Crippen LogP contribution in [-0.2, 0) is 0 Å². The van der Waals surface area contributed by atoms with Gasteiger partial charge >= 0.3 is 0 Å². The number of carbonyl (C=O) groups excluding carboxylic acids is 1. The second-order valence-electron chi connectivity index (χ2n) is 7.14. The van der Waals surface area contributed by atoms with Gasteiger partial charge in [0.15, 0.2) is 0 Å². The Balaban J connectivity index is 1.98. The smallest absolute Gasteiger partial charge is 0.272 e. The molecule has 1 N–H and O–H groups in total. The zero-order chi connectivity index (χ0) is 22.3. The topological polar surface area (TPSA) is 83.1 Å². The number of nitriles is 1. The van der Waals surface area contributed by atoms with Crippen LogP contribution >= 0.6 is 22.9 Å². The molecule has 0 aliphatic carbocycles. The number of aromatic hydroxyl groups is 1. The van der Waals surface area contributed by atoms with Crippen LogP contribution < -0.4 is 5.56 Å². The highest BCUT2D eigenvalue weighted by atomic mass is 35.5. The summed E-state index contributed by atoms with van der Waals surface area (Å²) in [7, 11) is 0. The first-order chi connectivity index (χ1) is 14.9. The van der Waals surface area contributed by atoms with Crippen LogP contribution in [0.15, 0.2) is 59.4 Å². The first-order valence-corrected chi connectivity index (χ1v) is 10.7. The summed E-state index contributed by atoms with van der Waals surface area (Å²) in [6, 6.07) is 17.8. The molecular formula is C24H17ClN2O3S. The Hall–Kier alpha value is -3.40. The molecule has 1 unspecified atom stereocenters. The summed E-state index contributed by atoms with van der Waals surface area (Å²) in [6.07, 6.45) is 0. The Bertz CT molecular complexity index is 1430. The number of hydrogen-bond donors (Lipinski definition) is 1. The number of fused-ring (bicyclic) bond motifs is 1. The number of aromatic nitrogens is 1. The minimum absolute atomic E-state index is 0.0904. The second-order valence-corrected chi connectivity index (χ2v) is 8.57. The molecule has 0 fully saturated rings. The minimum Gasteiger partial charge on any atom is -0.494 e. The maximum atomic E-state index is 13.5. The maximum absolute atomic E-state index is 13.5. The summed E-state index contributed by atoms with van der Waals surface area (Å²) in [5.41, 5.74) is -0.0210. The van der Waals surface area contributed by atoms with E-state index in [-0.39, 0.29) is 26.6 Å². The van der Waals surface area contributed by atoms with E-state index in [1.807, 2.05) is 60.7 Å². The van der Waals surface area contributed by atoms with Crippen LogP contribution in [0.2, 0.25) is 5.02 Å². The first kappa shape index (κ1) is 20.9. The van der Waals surface area contributed by atoms with Gasteiger partial charge in [-0.2, -0.15) is 5.26 Å². The van der Waals surface area contributed by atoms with E-state index in [4.69, 9.17) is 11.6 Å². The summed E-state index contributed by atoms with van der Waals surface area (Å²) in [5.74, 6) is -0.997. The maximum Gasteiger partial charge on any atom is 0.272 e. The molecule has 0 saturated heterocycles. The fourth-order valence-electron chi connectivity index (χ4n) is 3.71. The number of pyridine rings is 1. The fraction of sp³-hybridized carbons (Fsp3) is 0.125. The third-order valence-corrected chi connectivity index (χ3v) is 7.06. The quantitative estimate of drug-likeness (QED) is 0.421. The molecule has 7 heteroatoms. The number of nitrogens with zero attached hydrogens (tertiary/aromatic N) is 2. The van der Waals surface area contributed by atoms with Crippen LogP contribution in [0.3, 0.4) is 0 Å². The van der Waals surface area contributed by atoms with E-state index in [0.29, 0.717) is 0 Å². The highest BCUT2D eigenvalue weighted by molar-refractivity contribution is 7.21. The largest absolute Gasteiger partial charge is 0.494 e. The Kier molecular flexibility index (Phi) is 5.40. The lowest BCUT2D eigenvalue weighted by atomic mass is 9.99. The van der Waals surface area contributed by atoms with Gasteiger partial charge in [-0.05, 0) is 31.0 Å². The summed E-state index contributed by atoms with van der Waals surface area (Å²) >= 11 is 7.69. The summed E-state index contributed by atoms with van der Waals surface area (Å²) in [5, 5.41) is 21.8. The van der Waals surface area contributed by atoms with E-state index in [1.165, 1.54) is 18.3 Å².